The molecule has 2 aromatic heterocycles. The van der Waals surface area contributed by atoms with E-state index in [4.69, 9.17) is 4.98 Å². The van der Waals surface area contributed by atoms with Crippen LogP contribution in [0.1, 0.15) is 66.6 Å². The first-order chi connectivity index (χ1) is 18.2. The van der Waals surface area contributed by atoms with Crippen molar-refractivity contribution in [3.05, 3.63) is 65.6 Å². The molecule has 5 rings (SSSR count). The highest BCUT2D eigenvalue weighted by Crippen LogP contribution is 2.33. The van der Waals surface area contributed by atoms with E-state index in [2.05, 4.69) is 39.9 Å². The second-order valence-electron chi connectivity index (χ2n) is 10.2. The Kier molecular flexibility index (Phi) is 8.28. The highest BCUT2D eigenvalue weighted by molar-refractivity contribution is 5.94. The Bertz CT molecular complexity index is 1220. The number of aryl methyl sites for hydroxylation is 1. The number of rotatable bonds is 9. The van der Waals surface area contributed by atoms with Gasteiger partial charge in [0.1, 0.15) is 0 Å². The van der Waals surface area contributed by atoms with Gasteiger partial charge in [-0.05, 0) is 81.5 Å². The van der Waals surface area contributed by atoms with E-state index in [1.54, 1.807) is 24.5 Å². The summed E-state index contributed by atoms with van der Waals surface area (Å²) in [6.07, 6.45) is 12.5. The molecule has 2 N–H and O–H groups in total. The zero-order valence-electron chi connectivity index (χ0n) is 21.5. The molecule has 7 heteroatoms. The van der Waals surface area contributed by atoms with Crippen molar-refractivity contribution in [1.82, 2.24) is 20.2 Å². The molecule has 0 saturated carbocycles. The minimum absolute atomic E-state index is 0.000779. The molecule has 0 spiro atoms. The van der Waals surface area contributed by atoms with Crippen LogP contribution in [0.2, 0.25) is 0 Å². The maximum absolute atomic E-state index is 12.6. The zero-order chi connectivity index (χ0) is 25.5. The van der Waals surface area contributed by atoms with Crippen LogP contribution < -0.4 is 10.6 Å². The summed E-state index contributed by atoms with van der Waals surface area (Å²) in [7, 11) is 0. The number of piperidine rings is 1. The lowest BCUT2D eigenvalue weighted by Gasteiger charge is -2.31. The van der Waals surface area contributed by atoms with Gasteiger partial charge in [-0.2, -0.15) is 0 Å². The number of nitrogens with one attached hydrogen (secondary N) is 2. The van der Waals surface area contributed by atoms with Crippen LogP contribution in [-0.2, 0) is 17.6 Å². The number of hydrogen-bond acceptors (Lipinski definition) is 5. The van der Waals surface area contributed by atoms with Gasteiger partial charge >= 0.3 is 0 Å². The third-order valence-electron chi connectivity index (χ3n) is 7.69. The monoisotopic (exact) mass is 499 g/mol. The number of carbonyl (C=O) groups is 2. The summed E-state index contributed by atoms with van der Waals surface area (Å²) in [5.41, 5.74) is 5.65. The van der Waals surface area contributed by atoms with E-state index < -0.39 is 0 Å². The van der Waals surface area contributed by atoms with Crippen molar-refractivity contribution in [2.45, 2.75) is 57.8 Å². The fourth-order valence-electron chi connectivity index (χ4n) is 5.59. The fraction of sp³-hybridized carbons (Fsp3) is 0.467. The summed E-state index contributed by atoms with van der Waals surface area (Å²) in [6, 6.07) is 12.0. The van der Waals surface area contributed by atoms with Crippen LogP contribution in [-0.4, -0.2) is 52.9 Å². The Hall–Kier alpha value is -3.48. The van der Waals surface area contributed by atoms with Crippen molar-refractivity contribution >= 4 is 28.4 Å². The molecule has 1 aliphatic heterocycles. The summed E-state index contributed by atoms with van der Waals surface area (Å²) in [5, 5.41) is 8.08. The quantitative estimate of drug-likeness (QED) is 0.415. The molecule has 0 atom stereocenters. The van der Waals surface area contributed by atoms with Gasteiger partial charge in [0.25, 0.3) is 5.91 Å². The number of carbonyl (C=O) groups excluding carboxylic acids is 2. The summed E-state index contributed by atoms with van der Waals surface area (Å²) >= 11 is 0. The predicted octanol–water partition coefficient (Wildman–Crippen LogP) is 4.76. The number of pyridine rings is 2. The maximum Gasteiger partial charge on any atom is 0.255 e. The molecule has 3 heterocycles. The van der Waals surface area contributed by atoms with Crippen LogP contribution in [0.5, 0.6) is 0 Å². The highest BCUT2D eigenvalue weighted by Gasteiger charge is 2.27. The Morgan fingerprint density at radius 3 is 2.59 bits per heavy atom. The first kappa shape index (κ1) is 25.2. The second kappa shape index (κ2) is 12.2. The van der Waals surface area contributed by atoms with Gasteiger partial charge in [0, 0.05) is 61.3 Å². The standard InChI is InChI=1S/C30H37N5O2/c36-29(22-14-19-35(20-15-22)30(37)23-9-8-16-31-21-23)33-18-7-1-6-17-32-28-24-10-2-4-12-26(24)34-27-13-5-3-11-25(27)28/h2,4,8-10,12,16,21-22H,1,3,5-7,11,13-15,17-20H2,(H,32,34)(H,33,36). The van der Waals surface area contributed by atoms with Gasteiger partial charge in [-0.25, -0.2) is 0 Å². The van der Waals surface area contributed by atoms with Gasteiger partial charge in [-0.1, -0.05) is 18.2 Å². The molecule has 37 heavy (non-hydrogen) atoms. The molecule has 3 aromatic rings. The van der Waals surface area contributed by atoms with Crippen LogP contribution >= 0.6 is 0 Å². The van der Waals surface area contributed by atoms with E-state index in [0.29, 0.717) is 38.0 Å². The number of likely N-dealkylation sites (tertiary alicyclic amines) is 1. The van der Waals surface area contributed by atoms with E-state index in [1.165, 1.54) is 35.2 Å². The smallest absolute Gasteiger partial charge is 0.255 e. The number of hydrogen-bond donors (Lipinski definition) is 2. The largest absolute Gasteiger partial charge is 0.384 e. The molecule has 0 unspecified atom stereocenters. The number of para-hydroxylation sites is 1. The van der Waals surface area contributed by atoms with Crippen LogP contribution in [0.3, 0.4) is 0 Å². The first-order valence-electron chi connectivity index (χ1n) is 13.8. The molecule has 0 radical (unpaired) electrons. The molecule has 1 fully saturated rings. The summed E-state index contributed by atoms with van der Waals surface area (Å²) < 4.78 is 0. The van der Waals surface area contributed by atoms with E-state index in [9.17, 15) is 9.59 Å². The van der Waals surface area contributed by atoms with Crippen molar-refractivity contribution in [1.29, 1.82) is 0 Å². The van der Waals surface area contributed by atoms with E-state index in [0.717, 1.165) is 44.2 Å². The Balaban J connectivity index is 1.01. The number of anilines is 1. The minimum atomic E-state index is -0.00855. The lowest BCUT2D eigenvalue weighted by Crippen LogP contribution is -2.43. The topological polar surface area (TPSA) is 87.2 Å². The Morgan fingerprint density at radius 1 is 0.946 bits per heavy atom. The number of aromatic nitrogens is 2. The van der Waals surface area contributed by atoms with Crippen LogP contribution in [0, 0.1) is 5.92 Å². The Morgan fingerprint density at radius 2 is 1.76 bits per heavy atom. The van der Waals surface area contributed by atoms with Crippen molar-refractivity contribution < 1.29 is 9.59 Å². The minimum Gasteiger partial charge on any atom is -0.384 e. The van der Waals surface area contributed by atoms with Crippen LogP contribution in [0.4, 0.5) is 5.69 Å². The predicted molar refractivity (Wildman–Crippen MR) is 147 cm³/mol. The molecule has 2 aliphatic rings. The number of unbranched alkanes of at least 4 members (excludes halogenated alkanes) is 2. The lowest BCUT2D eigenvalue weighted by molar-refractivity contribution is -0.126. The van der Waals surface area contributed by atoms with Gasteiger partial charge < -0.3 is 15.5 Å². The lowest BCUT2D eigenvalue weighted by atomic mass is 9.92. The van der Waals surface area contributed by atoms with Gasteiger partial charge in [0.2, 0.25) is 5.91 Å². The van der Waals surface area contributed by atoms with E-state index in [-0.39, 0.29) is 17.7 Å². The number of amides is 2. The number of nitrogens with zero attached hydrogens (tertiary/aromatic N) is 3. The summed E-state index contributed by atoms with van der Waals surface area (Å²) in [6.45, 7) is 2.87. The molecular formula is C30H37N5O2. The SMILES string of the molecule is O=C(NCCCCCNc1c2c(nc3ccccc13)CCCC2)C1CCN(C(=O)c2cccnc2)CC1. The molecule has 1 saturated heterocycles. The van der Waals surface area contributed by atoms with Crippen molar-refractivity contribution in [2.24, 2.45) is 5.92 Å². The average Bonchev–Trinajstić information content (AvgIpc) is 2.96. The van der Waals surface area contributed by atoms with Crippen molar-refractivity contribution in [3.8, 4) is 0 Å². The van der Waals surface area contributed by atoms with Crippen LogP contribution in [0.25, 0.3) is 10.9 Å². The van der Waals surface area contributed by atoms with Crippen molar-refractivity contribution in [3.63, 3.8) is 0 Å². The van der Waals surface area contributed by atoms with Gasteiger partial charge in [-0.3, -0.25) is 19.6 Å². The molecule has 0 bridgehead atoms. The van der Waals surface area contributed by atoms with Gasteiger partial charge in [0.15, 0.2) is 0 Å². The molecule has 1 aromatic carbocycles. The van der Waals surface area contributed by atoms with Crippen molar-refractivity contribution in [2.75, 3.05) is 31.5 Å². The second-order valence-corrected chi connectivity index (χ2v) is 10.2. The highest BCUT2D eigenvalue weighted by atomic mass is 16.2. The third-order valence-corrected chi connectivity index (χ3v) is 7.69. The van der Waals surface area contributed by atoms with Gasteiger partial charge in [-0.15, -0.1) is 0 Å². The molecular weight excluding hydrogens is 462 g/mol. The zero-order valence-corrected chi connectivity index (χ0v) is 21.5. The maximum atomic E-state index is 12.6. The normalized spacial score (nSPS) is 15.8. The summed E-state index contributed by atoms with van der Waals surface area (Å²) in [5.74, 6) is 0.119. The van der Waals surface area contributed by atoms with E-state index in [1.807, 2.05) is 4.90 Å². The molecule has 194 valence electrons. The number of fused-ring (bicyclic) bond motifs is 2. The molecule has 2 amide bonds. The molecule has 1 aliphatic carbocycles. The van der Waals surface area contributed by atoms with Gasteiger partial charge in [0.05, 0.1) is 11.1 Å². The van der Waals surface area contributed by atoms with E-state index >= 15 is 0 Å². The summed E-state index contributed by atoms with van der Waals surface area (Å²) in [4.78, 5) is 36.0. The Labute approximate surface area is 219 Å². The van der Waals surface area contributed by atoms with Crippen LogP contribution in [0.15, 0.2) is 48.8 Å². The first-order valence-corrected chi connectivity index (χ1v) is 13.8. The average molecular weight is 500 g/mol. The number of benzene rings is 1. The fourth-order valence-corrected chi connectivity index (χ4v) is 5.59. The molecule has 7 nitrogen and oxygen atoms in total. The third kappa shape index (κ3) is 6.09.